The molecule has 0 aliphatic carbocycles. The van der Waals surface area contributed by atoms with E-state index in [0.717, 1.165) is 15.9 Å². The minimum absolute atomic E-state index is 0.816. The molecule has 0 aromatic heterocycles. The molecule has 0 spiro atoms. The second kappa shape index (κ2) is 4.02. The topological polar surface area (TPSA) is 26.0 Å². The highest BCUT2D eigenvalue weighted by molar-refractivity contribution is 9.10. The van der Waals surface area contributed by atoms with Crippen LogP contribution in [-0.2, 0) is 5.75 Å². The van der Waals surface area contributed by atoms with Crippen LogP contribution < -0.4 is 5.73 Å². The van der Waals surface area contributed by atoms with Crippen molar-refractivity contribution in [1.82, 2.24) is 0 Å². The first-order valence-electron chi connectivity index (χ1n) is 3.27. The fraction of sp³-hybridized carbons (Fsp3) is 0.250. The Morgan fingerprint density at radius 2 is 2.27 bits per heavy atom. The van der Waals surface area contributed by atoms with Crippen molar-refractivity contribution in [2.45, 2.75) is 5.75 Å². The third kappa shape index (κ3) is 2.42. The second-order valence-corrected chi connectivity index (χ2v) is 4.01. The molecular formula is C8H10BrNS. The fourth-order valence-electron chi connectivity index (χ4n) is 0.850. The summed E-state index contributed by atoms with van der Waals surface area (Å²) in [6.07, 6.45) is 2.08. The Hall–Kier alpha value is -0.150. The summed E-state index contributed by atoms with van der Waals surface area (Å²) in [5.74, 6) is 1.03. The maximum absolute atomic E-state index is 5.69. The van der Waals surface area contributed by atoms with Gasteiger partial charge in [-0.25, -0.2) is 0 Å². The minimum atomic E-state index is 0.816. The van der Waals surface area contributed by atoms with Crippen LogP contribution in [0.3, 0.4) is 0 Å². The fourth-order valence-corrected chi connectivity index (χ4v) is 1.61. The summed E-state index contributed by atoms with van der Waals surface area (Å²) in [7, 11) is 0. The molecule has 0 saturated carbocycles. The molecule has 0 heterocycles. The van der Waals surface area contributed by atoms with Crippen molar-refractivity contribution in [3.63, 3.8) is 0 Å². The average Bonchev–Trinajstić information content (AvgIpc) is 1.98. The standard InChI is InChI=1S/C8H10BrNS/c1-11-5-6-2-3-7(9)8(10)4-6/h2-4H,5,10H2,1H3. The van der Waals surface area contributed by atoms with E-state index >= 15 is 0 Å². The van der Waals surface area contributed by atoms with E-state index in [1.807, 2.05) is 12.1 Å². The molecule has 1 nitrogen and oxygen atoms in total. The smallest absolute Gasteiger partial charge is 0.0461 e. The van der Waals surface area contributed by atoms with Gasteiger partial charge >= 0.3 is 0 Å². The highest BCUT2D eigenvalue weighted by Gasteiger charge is 1.96. The molecule has 0 bridgehead atoms. The lowest BCUT2D eigenvalue weighted by molar-refractivity contribution is 1.41. The minimum Gasteiger partial charge on any atom is -0.398 e. The Kier molecular flexibility index (Phi) is 3.27. The van der Waals surface area contributed by atoms with Crippen LogP contribution in [0.2, 0.25) is 0 Å². The lowest BCUT2D eigenvalue weighted by Gasteiger charge is -2.01. The molecule has 0 amide bonds. The van der Waals surface area contributed by atoms with Gasteiger partial charge in [-0.2, -0.15) is 11.8 Å². The molecule has 3 heteroatoms. The van der Waals surface area contributed by atoms with Crippen molar-refractivity contribution in [2.75, 3.05) is 12.0 Å². The molecule has 0 saturated heterocycles. The number of benzene rings is 1. The summed E-state index contributed by atoms with van der Waals surface area (Å²) >= 11 is 5.15. The average molecular weight is 232 g/mol. The maximum Gasteiger partial charge on any atom is 0.0461 e. The molecule has 0 aliphatic heterocycles. The summed E-state index contributed by atoms with van der Waals surface area (Å²) < 4.78 is 0.974. The highest BCUT2D eigenvalue weighted by atomic mass is 79.9. The number of nitrogens with two attached hydrogens (primary N) is 1. The summed E-state index contributed by atoms with van der Waals surface area (Å²) in [5.41, 5.74) is 7.79. The molecule has 11 heavy (non-hydrogen) atoms. The number of thioether (sulfide) groups is 1. The van der Waals surface area contributed by atoms with Crippen LogP contribution in [0.1, 0.15) is 5.56 Å². The van der Waals surface area contributed by atoms with Gasteiger partial charge in [0.05, 0.1) is 0 Å². The van der Waals surface area contributed by atoms with Gasteiger partial charge in [0, 0.05) is 15.9 Å². The van der Waals surface area contributed by atoms with Gasteiger partial charge in [0.25, 0.3) is 0 Å². The van der Waals surface area contributed by atoms with Crippen molar-refractivity contribution >= 4 is 33.4 Å². The van der Waals surface area contributed by atoms with Crippen LogP contribution in [0, 0.1) is 0 Å². The number of nitrogen functional groups attached to an aromatic ring is 1. The molecule has 1 rings (SSSR count). The SMILES string of the molecule is CSCc1ccc(Br)c(N)c1. The van der Waals surface area contributed by atoms with E-state index in [1.165, 1.54) is 5.56 Å². The normalized spacial score (nSPS) is 10.0. The van der Waals surface area contributed by atoms with Crippen molar-refractivity contribution in [3.8, 4) is 0 Å². The predicted molar refractivity (Wildman–Crippen MR) is 55.8 cm³/mol. The molecule has 60 valence electrons. The van der Waals surface area contributed by atoms with Crippen molar-refractivity contribution < 1.29 is 0 Å². The summed E-state index contributed by atoms with van der Waals surface area (Å²) in [6, 6.07) is 6.07. The lowest BCUT2D eigenvalue weighted by atomic mass is 10.2. The van der Waals surface area contributed by atoms with E-state index < -0.39 is 0 Å². The molecule has 0 radical (unpaired) electrons. The summed E-state index contributed by atoms with van der Waals surface area (Å²) in [5, 5.41) is 0. The molecule has 0 atom stereocenters. The lowest BCUT2D eigenvalue weighted by Crippen LogP contribution is -1.88. The Morgan fingerprint density at radius 1 is 1.55 bits per heavy atom. The van der Waals surface area contributed by atoms with E-state index in [-0.39, 0.29) is 0 Å². The van der Waals surface area contributed by atoms with E-state index in [0.29, 0.717) is 0 Å². The molecule has 0 fully saturated rings. The van der Waals surface area contributed by atoms with Crippen LogP contribution >= 0.6 is 27.7 Å². The molecule has 2 N–H and O–H groups in total. The van der Waals surface area contributed by atoms with Gasteiger partial charge in [-0.3, -0.25) is 0 Å². The number of anilines is 1. The van der Waals surface area contributed by atoms with Gasteiger partial charge in [0.1, 0.15) is 0 Å². The molecule has 1 aromatic carbocycles. The Balaban J connectivity index is 2.86. The van der Waals surface area contributed by atoms with Crippen LogP contribution in [0.25, 0.3) is 0 Å². The van der Waals surface area contributed by atoms with E-state index in [1.54, 1.807) is 11.8 Å². The monoisotopic (exact) mass is 231 g/mol. The zero-order chi connectivity index (χ0) is 8.27. The van der Waals surface area contributed by atoms with Gasteiger partial charge in [0.2, 0.25) is 0 Å². The zero-order valence-corrected chi connectivity index (χ0v) is 8.71. The summed E-state index contributed by atoms with van der Waals surface area (Å²) in [6.45, 7) is 0. The largest absolute Gasteiger partial charge is 0.398 e. The maximum atomic E-state index is 5.69. The first-order chi connectivity index (χ1) is 5.24. The predicted octanol–water partition coefficient (Wildman–Crippen LogP) is 2.89. The number of halogens is 1. The van der Waals surface area contributed by atoms with Crippen molar-refractivity contribution in [2.24, 2.45) is 0 Å². The third-order valence-corrected chi connectivity index (χ3v) is 2.72. The highest BCUT2D eigenvalue weighted by Crippen LogP contribution is 2.21. The van der Waals surface area contributed by atoms with Crippen LogP contribution in [0.15, 0.2) is 22.7 Å². The Labute approximate surface area is 79.5 Å². The summed E-state index contributed by atoms with van der Waals surface area (Å²) in [4.78, 5) is 0. The third-order valence-electron chi connectivity index (χ3n) is 1.37. The van der Waals surface area contributed by atoms with E-state index in [2.05, 4.69) is 28.3 Å². The van der Waals surface area contributed by atoms with E-state index in [9.17, 15) is 0 Å². The van der Waals surface area contributed by atoms with Crippen LogP contribution in [0.4, 0.5) is 5.69 Å². The van der Waals surface area contributed by atoms with Gasteiger partial charge in [0.15, 0.2) is 0 Å². The zero-order valence-electron chi connectivity index (χ0n) is 6.30. The number of rotatable bonds is 2. The van der Waals surface area contributed by atoms with Gasteiger partial charge in [-0.1, -0.05) is 6.07 Å². The molecule has 0 aliphatic rings. The quantitative estimate of drug-likeness (QED) is 0.793. The van der Waals surface area contributed by atoms with Crippen LogP contribution in [-0.4, -0.2) is 6.26 Å². The van der Waals surface area contributed by atoms with Gasteiger partial charge < -0.3 is 5.73 Å². The second-order valence-electron chi connectivity index (χ2n) is 2.29. The first-order valence-corrected chi connectivity index (χ1v) is 5.45. The van der Waals surface area contributed by atoms with Crippen molar-refractivity contribution in [1.29, 1.82) is 0 Å². The van der Waals surface area contributed by atoms with Crippen LogP contribution in [0.5, 0.6) is 0 Å². The van der Waals surface area contributed by atoms with Gasteiger partial charge in [-0.15, -0.1) is 0 Å². The van der Waals surface area contributed by atoms with E-state index in [4.69, 9.17) is 5.73 Å². The Bertz CT molecular complexity index is 250. The number of hydrogen-bond donors (Lipinski definition) is 1. The first kappa shape index (κ1) is 8.94. The number of hydrogen-bond acceptors (Lipinski definition) is 2. The molecule has 0 unspecified atom stereocenters. The van der Waals surface area contributed by atoms with Gasteiger partial charge in [-0.05, 0) is 39.9 Å². The molecule has 1 aromatic rings. The molecular weight excluding hydrogens is 222 g/mol. The Morgan fingerprint density at radius 3 is 2.82 bits per heavy atom. The van der Waals surface area contributed by atoms with Crippen molar-refractivity contribution in [3.05, 3.63) is 28.2 Å².